The Morgan fingerprint density at radius 3 is 1.95 bits per heavy atom. The van der Waals surface area contributed by atoms with Gasteiger partial charge in [-0.05, 0) is 0 Å². The van der Waals surface area contributed by atoms with Crippen molar-refractivity contribution in [1.29, 1.82) is 5.26 Å². The van der Waals surface area contributed by atoms with Crippen molar-refractivity contribution < 1.29 is 13.3 Å². The molecule has 0 aliphatic heterocycles. The summed E-state index contributed by atoms with van der Waals surface area (Å²) in [6, 6.07) is 8.50. The molecule has 0 unspecified atom stereocenters. The van der Waals surface area contributed by atoms with Crippen LogP contribution in [-0.4, -0.2) is 0 Å². The second-order valence-electron chi connectivity index (χ2n) is 2.31. The molecule has 1 aromatic rings. The van der Waals surface area contributed by atoms with E-state index in [4.69, 9.17) is 11.8 Å². The van der Waals surface area contributed by atoms with Gasteiger partial charge in [0.05, 0.1) is 12.6 Å². The van der Waals surface area contributed by atoms with E-state index < -0.39 is 0 Å². The minimum Gasteiger partial charge on any atom is -0.238 e. The zero-order valence-corrected chi connectivity index (χ0v) is 28.0. The molecule has 0 heterocycles. The van der Waals surface area contributed by atoms with Crippen molar-refractivity contribution >= 4 is 122 Å². The maximum absolute atomic E-state index is 8.37. The van der Waals surface area contributed by atoms with Crippen LogP contribution in [0.3, 0.4) is 0 Å². The SMILES string of the molecule is I[I-]I(I)I(I)I(I)I.[C-]#[N+]c1ccc(C#N)cc1. The van der Waals surface area contributed by atoms with Crippen LogP contribution < -0.4 is 13.3 Å². The third-order valence-corrected chi connectivity index (χ3v) is 414. The van der Waals surface area contributed by atoms with Gasteiger partial charge in [-0.15, -0.1) is 0 Å². The molecule has 0 bridgehead atoms. The van der Waals surface area contributed by atoms with E-state index in [2.05, 4.69) is 97.9 Å². The summed E-state index contributed by atoms with van der Waals surface area (Å²) in [7, 11) is -0.795. The fourth-order valence-electron chi connectivity index (χ4n) is 0.657. The van der Waals surface area contributed by atoms with Gasteiger partial charge in [-0.2, -0.15) is 5.26 Å². The van der Waals surface area contributed by atoms with Gasteiger partial charge in [-0.3, -0.25) is 0 Å². The summed E-state index contributed by atoms with van der Waals surface area (Å²) in [4.78, 5) is 3.19. The molecule has 1 aromatic carbocycles. The Hall–Kier alpha value is 4.77. The van der Waals surface area contributed by atoms with E-state index in [1.54, 1.807) is 24.3 Å². The van der Waals surface area contributed by atoms with Crippen LogP contribution in [0, 0.1) is 17.9 Å². The molecule has 0 radical (unpaired) electrons. The Bertz CT molecular complexity index is 416. The summed E-state index contributed by atoms with van der Waals surface area (Å²) in [5, 5.41) is 8.37. The number of hydrogen-bond donors (Lipinski definition) is 0. The second-order valence-corrected chi connectivity index (χ2v) is 165. The first-order valence-corrected chi connectivity index (χ1v) is 54.2. The van der Waals surface area contributed by atoms with Gasteiger partial charge < -0.3 is 0 Å². The molecule has 0 aromatic heterocycles. The maximum atomic E-state index is 8.37. The largest absolute Gasteiger partial charge is 0.238 e. The van der Waals surface area contributed by atoms with Gasteiger partial charge in [0, 0.05) is 5.56 Å². The van der Waals surface area contributed by atoms with Gasteiger partial charge in [0.1, 0.15) is 0 Å². The Balaban J connectivity index is 0.000000344. The smallest absolute Gasteiger partial charge is 0.187 e. The Morgan fingerprint density at radius 2 is 1.68 bits per heavy atom. The predicted octanol–water partition coefficient (Wildman–Crippen LogP) is 6.20. The normalized spacial score (nSPS) is 11.4. The first-order valence-electron chi connectivity index (χ1n) is 3.89. The maximum Gasteiger partial charge on any atom is 0.187 e. The quantitative estimate of drug-likeness (QED) is 0.262. The average Bonchev–Trinajstić information content (AvgIpc) is 2.46. The Morgan fingerprint density at radius 1 is 1.16 bits per heavy atom. The molecular formula is C8H4I9N2-. The number of nitriles is 1. The first kappa shape index (κ1) is 23.8. The van der Waals surface area contributed by atoms with E-state index in [0.29, 0.717) is 24.5 Å². The summed E-state index contributed by atoms with van der Waals surface area (Å²) < 4.78 is 0. The van der Waals surface area contributed by atoms with Gasteiger partial charge >= 0.3 is 130 Å². The van der Waals surface area contributed by atoms with E-state index in [1.807, 2.05) is 6.07 Å². The standard InChI is InChI=1S/C8H4N2.I9/c1-10-8-4-2-7(6-9)3-5-8;1-6-8(4)9(5)7(2)3/h2-5H;/q;-1. The van der Waals surface area contributed by atoms with Crippen molar-refractivity contribution in [3.05, 3.63) is 41.2 Å². The fourth-order valence-corrected chi connectivity index (χ4v) is 629. The molecule has 19 heavy (non-hydrogen) atoms. The number of rotatable bonds is 3. The van der Waals surface area contributed by atoms with Crippen LogP contribution in [0.2, 0.25) is 0 Å². The zero-order chi connectivity index (χ0) is 14.8. The van der Waals surface area contributed by atoms with E-state index in [0.717, 1.165) is 0 Å². The van der Waals surface area contributed by atoms with E-state index in [9.17, 15) is 0 Å². The van der Waals surface area contributed by atoms with Gasteiger partial charge in [-0.1, -0.05) is 24.3 Å². The van der Waals surface area contributed by atoms with Crippen molar-refractivity contribution in [2.75, 3.05) is 0 Å². The number of halogens is 9. The summed E-state index contributed by atoms with van der Waals surface area (Å²) in [6.07, 6.45) is 0. The van der Waals surface area contributed by atoms with Crippen molar-refractivity contribution in [1.82, 2.24) is 0 Å². The summed E-state index contributed by atoms with van der Waals surface area (Å²) >= 11 is 14.6. The molecule has 2 nitrogen and oxygen atoms in total. The molecule has 0 N–H and O–H groups in total. The van der Waals surface area contributed by atoms with Crippen molar-refractivity contribution in [2.45, 2.75) is 0 Å². The van der Waals surface area contributed by atoms with Crippen LogP contribution in [0.5, 0.6) is 0 Å². The molecule has 0 saturated heterocycles. The van der Waals surface area contributed by atoms with Crippen molar-refractivity contribution in [3.63, 3.8) is 0 Å². The van der Waals surface area contributed by atoms with Gasteiger partial charge in [-0.25, -0.2) is 4.85 Å². The monoisotopic (exact) mass is 1270 g/mol. The number of hydrogen-bond acceptors (Lipinski definition) is 1. The molecule has 110 valence electrons. The topological polar surface area (TPSA) is 28.1 Å². The minimum atomic E-state index is -0.324. The third kappa shape index (κ3) is 11.9. The van der Waals surface area contributed by atoms with E-state index in [1.165, 1.54) is 0 Å². The summed E-state index contributed by atoms with van der Waals surface area (Å²) in [5.74, 6) is 0. The molecule has 0 fully saturated rings. The number of benzene rings is 1. The molecule has 0 atom stereocenters. The van der Waals surface area contributed by atoms with Crippen LogP contribution in [0.4, 0.5) is 5.69 Å². The zero-order valence-electron chi connectivity index (χ0n) is 8.61. The molecule has 0 spiro atoms. The van der Waals surface area contributed by atoms with Crippen LogP contribution >= 0.6 is 117 Å². The van der Waals surface area contributed by atoms with Crippen LogP contribution in [0.15, 0.2) is 24.3 Å². The summed E-state index contributed by atoms with van der Waals surface area (Å²) in [6.45, 7) is 6.61. The third-order valence-electron chi connectivity index (χ3n) is 1.33. The minimum absolute atomic E-state index is 0.226. The van der Waals surface area contributed by atoms with Crippen LogP contribution in [0.25, 0.3) is 4.85 Å². The molecule has 0 saturated carbocycles. The van der Waals surface area contributed by atoms with Crippen molar-refractivity contribution in [2.24, 2.45) is 0 Å². The summed E-state index contributed by atoms with van der Waals surface area (Å²) in [5.41, 5.74) is 1.16. The van der Waals surface area contributed by atoms with E-state index in [-0.39, 0.29) is 23.7 Å². The van der Waals surface area contributed by atoms with Gasteiger partial charge in [0.2, 0.25) is 0 Å². The average molecular weight is 1270 g/mol. The second kappa shape index (κ2) is 15.1. The van der Waals surface area contributed by atoms with Gasteiger partial charge in [0.15, 0.2) is 5.69 Å². The van der Waals surface area contributed by atoms with Gasteiger partial charge in [0.25, 0.3) is 0 Å². The fraction of sp³-hybridized carbons (Fsp3) is 0. The first-order chi connectivity index (χ1) is 8.96. The predicted molar refractivity (Wildman–Crippen MR) is 150 cm³/mol. The van der Waals surface area contributed by atoms with E-state index >= 15 is 0 Å². The molecule has 0 amide bonds. The van der Waals surface area contributed by atoms with Crippen molar-refractivity contribution in [3.8, 4) is 6.07 Å². The number of nitrogens with zero attached hydrogens (tertiary/aromatic N) is 2. The molecular weight excluding hydrogens is 1270 g/mol. The molecule has 0 aliphatic rings. The Kier molecular flexibility index (Phi) is 18.8. The molecule has 11 heteroatoms. The van der Waals surface area contributed by atoms with Crippen LogP contribution in [-0.2, 0) is 0 Å². The molecule has 1 rings (SSSR count). The Labute approximate surface area is 182 Å². The van der Waals surface area contributed by atoms with Crippen LogP contribution in [0.1, 0.15) is 5.56 Å². The molecule has 0 aliphatic carbocycles.